The minimum atomic E-state index is -0.460. The maximum atomic E-state index is 10.2. The Morgan fingerprint density at radius 1 is 1.27 bits per heavy atom. The third-order valence-electron chi connectivity index (χ3n) is 6.09. The third-order valence-corrected chi connectivity index (χ3v) is 6.09. The molecule has 3 rings (SSSR count). The van der Waals surface area contributed by atoms with Crippen molar-refractivity contribution in [2.75, 3.05) is 33.2 Å². The van der Waals surface area contributed by atoms with E-state index in [0.29, 0.717) is 18.2 Å². The molecule has 1 saturated carbocycles. The van der Waals surface area contributed by atoms with Gasteiger partial charge in [-0.05, 0) is 39.3 Å². The van der Waals surface area contributed by atoms with Crippen molar-refractivity contribution in [3.05, 3.63) is 0 Å². The van der Waals surface area contributed by atoms with Gasteiger partial charge in [-0.15, -0.1) is 0 Å². The second-order valence-corrected chi connectivity index (χ2v) is 8.39. The topological polar surface area (TPSA) is 98.1 Å². The van der Waals surface area contributed by atoms with Gasteiger partial charge in [0.15, 0.2) is 0 Å². The van der Waals surface area contributed by atoms with Gasteiger partial charge in [-0.1, -0.05) is 25.7 Å². The van der Waals surface area contributed by atoms with Gasteiger partial charge in [-0.3, -0.25) is 10.6 Å². The van der Waals surface area contributed by atoms with Gasteiger partial charge in [-0.2, -0.15) is 0 Å². The highest BCUT2D eigenvalue weighted by atomic mass is 16.6. The molecule has 6 N–H and O–H groups in total. The van der Waals surface area contributed by atoms with Crippen molar-refractivity contribution < 1.29 is 9.84 Å². The molecule has 152 valence electrons. The zero-order valence-electron chi connectivity index (χ0n) is 16.3. The van der Waals surface area contributed by atoms with E-state index < -0.39 is 6.23 Å². The molecule has 1 aliphatic carbocycles. The predicted molar refractivity (Wildman–Crippen MR) is 104 cm³/mol. The van der Waals surface area contributed by atoms with Crippen molar-refractivity contribution in [1.29, 1.82) is 0 Å². The highest BCUT2D eigenvalue weighted by Crippen LogP contribution is 2.28. The summed E-state index contributed by atoms with van der Waals surface area (Å²) in [6.07, 6.45) is 9.61. The van der Waals surface area contributed by atoms with Gasteiger partial charge >= 0.3 is 0 Å². The Morgan fingerprint density at radius 3 is 2.92 bits per heavy atom. The first-order chi connectivity index (χ1) is 12.6. The lowest BCUT2D eigenvalue weighted by atomic mass is 9.91. The smallest absolute Gasteiger partial charge is 0.135 e. The van der Waals surface area contributed by atoms with Crippen LogP contribution in [0.2, 0.25) is 0 Å². The Morgan fingerprint density at radius 2 is 2.12 bits per heavy atom. The van der Waals surface area contributed by atoms with Gasteiger partial charge in [0.25, 0.3) is 0 Å². The highest BCUT2D eigenvalue weighted by molar-refractivity contribution is 4.91. The Balaban J connectivity index is 1.17. The van der Waals surface area contributed by atoms with Gasteiger partial charge < -0.3 is 25.8 Å². The van der Waals surface area contributed by atoms with Crippen LogP contribution in [-0.2, 0) is 4.74 Å². The normalized spacial score (nSPS) is 36.8. The fraction of sp³-hybridized carbons (Fsp3) is 1.00. The molecule has 0 amide bonds. The molecule has 0 radical (unpaired) electrons. The molecule has 7 nitrogen and oxygen atoms in total. The molecule has 0 aromatic heterocycles. The summed E-state index contributed by atoms with van der Waals surface area (Å²) in [5.41, 5.74) is 6.19. The average molecular weight is 370 g/mol. The number of hydrogen-bond donors (Lipinski definition) is 5. The number of rotatable bonds is 10. The third kappa shape index (κ3) is 6.41. The predicted octanol–water partition coefficient (Wildman–Crippen LogP) is -0.0572. The van der Waals surface area contributed by atoms with Crippen LogP contribution in [-0.4, -0.2) is 79.9 Å². The quantitative estimate of drug-likeness (QED) is 0.209. The second-order valence-electron chi connectivity index (χ2n) is 8.39. The highest BCUT2D eigenvalue weighted by Gasteiger charge is 2.40. The van der Waals surface area contributed by atoms with E-state index in [9.17, 15) is 5.11 Å². The Labute approximate surface area is 158 Å². The van der Waals surface area contributed by atoms with Gasteiger partial charge in [0.2, 0.25) is 0 Å². The minimum Gasteiger partial charge on any atom is -0.377 e. The molecule has 0 aromatic carbocycles. The molecule has 2 heterocycles. The Kier molecular flexibility index (Phi) is 8.11. The summed E-state index contributed by atoms with van der Waals surface area (Å²) < 4.78 is 5.77. The molecule has 26 heavy (non-hydrogen) atoms. The van der Waals surface area contributed by atoms with Crippen molar-refractivity contribution in [2.45, 2.75) is 88.1 Å². The van der Waals surface area contributed by atoms with E-state index in [1.165, 1.54) is 32.1 Å². The van der Waals surface area contributed by atoms with Gasteiger partial charge in [-0.25, -0.2) is 0 Å². The summed E-state index contributed by atoms with van der Waals surface area (Å²) in [5, 5.41) is 20.4. The zero-order chi connectivity index (χ0) is 18.4. The van der Waals surface area contributed by atoms with Crippen LogP contribution in [0.15, 0.2) is 0 Å². The number of nitrogens with two attached hydrogens (primary N) is 1. The molecule has 7 heteroatoms. The number of epoxide rings is 1. The number of nitrogens with one attached hydrogen (secondary N) is 3. The molecule has 6 unspecified atom stereocenters. The first kappa shape index (κ1) is 20.5. The van der Waals surface area contributed by atoms with Crippen molar-refractivity contribution in [3.8, 4) is 0 Å². The van der Waals surface area contributed by atoms with Crippen molar-refractivity contribution in [1.82, 2.24) is 20.9 Å². The van der Waals surface area contributed by atoms with E-state index >= 15 is 0 Å². The van der Waals surface area contributed by atoms with Crippen molar-refractivity contribution in [2.24, 2.45) is 5.73 Å². The van der Waals surface area contributed by atoms with E-state index in [0.717, 1.165) is 45.4 Å². The monoisotopic (exact) mass is 369 g/mol. The Bertz CT molecular complexity index is 413. The van der Waals surface area contributed by atoms with Gasteiger partial charge in [0.05, 0.1) is 12.1 Å². The van der Waals surface area contributed by atoms with E-state index in [-0.39, 0.29) is 12.3 Å². The molecule has 2 saturated heterocycles. The van der Waals surface area contributed by atoms with Crippen LogP contribution in [0.25, 0.3) is 0 Å². The molecule has 2 aliphatic heterocycles. The number of ether oxygens (including phenoxy) is 1. The van der Waals surface area contributed by atoms with E-state index in [4.69, 9.17) is 10.5 Å². The number of unbranched alkanes of at least 4 members (excludes halogenated alkanes) is 2. The molecule has 3 aliphatic rings. The molecule has 0 aromatic rings. The average Bonchev–Trinajstić information content (AvgIpc) is 3.37. The maximum absolute atomic E-state index is 10.2. The molecule has 0 bridgehead atoms. The summed E-state index contributed by atoms with van der Waals surface area (Å²) >= 11 is 0. The summed E-state index contributed by atoms with van der Waals surface area (Å²) in [4.78, 5) is 2.26. The van der Waals surface area contributed by atoms with Crippen LogP contribution in [0.1, 0.15) is 51.4 Å². The second kappa shape index (κ2) is 10.3. The summed E-state index contributed by atoms with van der Waals surface area (Å²) in [6, 6.07) is 0.869. The van der Waals surface area contributed by atoms with Crippen LogP contribution in [0.5, 0.6) is 0 Å². The summed E-state index contributed by atoms with van der Waals surface area (Å²) in [7, 11) is 2.10. The van der Waals surface area contributed by atoms with Crippen LogP contribution >= 0.6 is 0 Å². The largest absolute Gasteiger partial charge is 0.377 e. The zero-order valence-corrected chi connectivity index (χ0v) is 16.3. The number of aliphatic hydroxyl groups is 1. The number of nitrogens with zero attached hydrogens (tertiary/aromatic N) is 1. The lowest BCUT2D eigenvalue weighted by Gasteiger charge is -2.34. The van der Waals surface area contributed by atoms with E-state index in [1.54, 1.807) is 0 Å². The van der Waals surface area contributed by atoms with Crippen molar-refractivity contribution >= 4 is 0 Å². The SMILES string of the molecule is CN1CCNC(C(O)NCCCCCC2OC2NC2CCCCC2N)C1. The lowest BCUT2D eigenvalue weighted by molar-refractivity contribution is 0.0628. The van der Waals surface area contributed by atoms with E-state index in [1.807, 2.05) is 0 Å². The molecular formula is C19H39N5O2. The van der Waals surface area contributed by atoms with Crippen LogP contribution in [0, 0.1) is 0 Å². The minimum absolute atomic E-state index is 0.131. The fourth-order valence-electron chi connectivity index (χ4n) is 4.27. The number of piperazine rings is 1. The molecule has 0 spiro atoms. The van der Waals surface area contributed by atoms with Crippen LogP contribution < -0.4 is 21.7 Å². The summed E-state index contributed by atoms with van der Waals surface area (Å²) in [5.74, 6) is 0. The number of likely N-dealkylation sites (N-methyl/N-ethyl adjacent to an activating group) is 1. The number of aliphatic hydroxyl groups excluding tert-OH is 1. The van der Waals surface area contributed by atoms with Gasteiger partial charge in [0, 0.05) is 31.7 Å². The fourth-order valence-corrected chi connectivity index (χ4v) is 4.27. The van der Waals surface area contributed by atoms with Crippen LogP contribution in [0.4, 0.5) is 0 Å². The van der Waals surface area contributed by atoms with E-state index in [2.05, 4.69) is 27.9 Å². The number of hydrogen-bond acceptors (Lipinski definition) is 7. The first-order valence-corrected chi connectivity index (χ1v) is 10.6. The standard InChI is InChI=1S/C19H39N5O2/c1-24-12-11-21-16(13-24)18(25)22-10-6-2-3-9-17-19(26-17)23-15-8-5-4-7-14(15)20/h14-19,21-23,25H,2-13,20H2,1H3. The first-order valence-electron chi connectivity index (χ1n) is 10.6. The molecule has 6 atom stereocenters. The summed E-state index contributed by atoms with van der Waals surface area (Å²) in [6.45, 7) is 3.76. The van der Waals surface area contributed by atoms with Gasteiger partial charge in [0.1, 0.15) is 12.5 Å². The maximum Gasteiger partial charge on any atom is 0.135 e. The lowest BCUT2D eigenvalue weighted by Crippen LogP contribution is -2.58. The molecular weight excluding hydrogens is 330 g/mol. The van der Waals surface area contributed by atoms with Crippen LogP contribution in [0.3, 0.4) is 0 Å². The molecule has 3 fully saturated rings. The van der Waals surface area contributed by atoms with Crippen molar-refractivity contribution in [3.63, 3.8) is 0 Å². The Hall–Kier alpha value is -0.280.